The normalized spacial score (nSPS) is 13.9. The van der Waals surface area contributed by atoms with Gasteiger partial charge in [-0.25, -0.2) is 8.91 Å². The van der Waals surface area contributed by atoms with Gasteiger partial charge in [-0.3, -0.25) is 9.78 Å². The van der Waals surface area contributed by atoms with Crippen molar-refractivity contribution in [2.75, 3.05) is 12.3 Å². The van der Waals surface area contributed by atoms with Gasteiger partial charge in [0, 0.05) is 29.6 Å². The molecule has 1 saturated carbocycles. The lowest BCUT2D eigenvalue weighted by Crippen LogP contribution is -2.25. The average Bonchev–Trinajstić information content (AvgIpc) is 3.50. The van der Waals surface area contributed by atoms with E-state index in [4.69, 9.17) is 10.5 Å². The third-order valence-corrected chi connectivity index (χ3v) is 6.76. The Morgan fingerprint density at radius 2 is 1.97 bits per heavy atom. The van der Waals surface area contributed by atoms with E-state index in [1.807, 2.05) is 19.1 Å². The van der Waals surface area contributed by atoms with E-state index in [0.717, 1.165) is 29.7 Å². The fraction of sp³-hybridized carbons (Fsp3) is 0.333. The second kappa shape index (κ2) is 9.93. The van der Waals surface area contributed by atoms with Crippen molar-refractivity contribution in [2.24, 2.45) is 5.92 Å². The molecular formula is C27H29FN6O2. The molecule has 186 valence electrons. The summed E-state index contributed by atoms with van der Waals surface area (Å²) in [7, 11) is 0. The first-order valence-electron chi connectivity index (χ1n) is 12.2. The van der Waals surface area contributed by atoms with Gasteiger partial charge >= 0.3 is 0 Å². The lowest BCUT2D eigenvalue weighted by atomic mass is 10.0. The summed E-state index contributed by atoms with van der Waals surface area (Å²) in [6.45, 7) is 4.25. The molecule has 8 nitrogen and oxygen atoms in total. The molecule has 5 rings (SSSR count). The van der Waals surface area contributed by atoms with Gasteiger partial charge in [-0.2, -0.15) is 4.98 Å². The summed E-state index contributed by atoms with van der Waals surface area (Å²) >= 11 is 0. The van der Waals surface area contributed by atoms with E-state index in [9.17, 15) is 9.18 Å². The third-order valence-electron chi connectivity index (χ3n) is 6.76. The van der Waals surface area contributed by atoms with E-state index >= 15 is 0 Å². The van der Waals surface area contributed by atoms with Gasteiger partial charge in [0.15, 0.2) is 5.65 Å². The van der Waals surface area contributed by atoms with E-state index in [2.05, 4.69) is 20.4 Å². The van der Waals surface area contributed by atoms with Gasteiger partial charge < -0.3 is 15.8 Å². The van der Waals surface area contributed by atoms with Crippen LogP contribution in [0.1, 0.15) is 53.0 Å². The van der Waals surface area contributed by atoms with Gasteiger partial charge in [-0.15, -0.1) is 5.10 Å². The summed E-state index contributed by atoms with van der Waals surface area (Å²) in [5, 5.41) is 6.95. The van der Waals surface area contributed by atoms with Crippen LogP contribution in [-0.2, 0) is 6.54 Å². The van der Waals surface area contributed by atoms with Gasteiger partial charge in [0.1, 0.15) is 11.6 Å². The number of pyridine rings is 2. The van der Waals surface area contributed by atoms with Crippen LogP contribution >= 0.6 is 0 Å². The molecule has 0 spiro atoms. The second-order valence-corrected chi connectivity index (χ2v) is 9.30. The first-order valence-corrected chi connectivity index (χ1v) is 12.2. The van der Waals surface area contributed by atoms with E-state index in [1.54, 1.807) is 35.8 Å². The smallest absolute Gasteiger partial charge is 0.253 e. The largest absolute Gasteiger partial charge is 0.493 e. The van der Waals surface area contributed by atoms with Gasteiger partial charge in [0.2, 0.25) is 5.95 Å². The highest BCUT2D eigenvalue weighted by Gasteiger charge is 2.19. The van der Waals surface area contributed by atoms with Crippen LogP contribution < -0.4 is 15.8 Å². The second-order valence-electron chi connectivity index (χ2n) is 9.30. The number of fused-ring (bicyclic) bond motifs is 1. The maximum absolute atomic E-state index is 14.7. The number of aromatic nitrogens is 4. The predicted molar refractivity (Wildman–Crippen MR) is 135 cm³/mol. The van der Waals surface area contributed by atoms with Crippen molar-refractivity contribution < 1.29 is 13.9 Å². The number of carbonyl (C=O) groups is 1. The molecule has 3 N–H and O–H groups in total. The molecule has 3 heterocycles. The lowest BCUT2D eigenvalue weighted by molar-refractivity contribution is 0.0949. The zero-order valence-electron chi connectivity index (χ0n) is 20.4. The third kappa shape index (κ3) is 4.86. The van der Waals surface area contributed by atoms with Crippen LogP contribution in [0.4, 0.5) is 10.3 Å². The Morgan fingerprint density at radius 1 is 1.17 bits per heavy atom. The molecule has 1 amide bonds. The van der Waals surface area contributed by atoms with Crippen molar-refractivity contribution in [1.82, 2.24) is 24.9 Å². The Labute approximate surface area is 208 Å². The fourth-order valence-electron chi connectivity index (χ4n) is 4.81. The van der Waals surface area contributed by atoms with Crippen LogP contribution in [0, 0.1) is 25.6 Å². The number of anilines is 1. The highest BCUT2D eigenvalue weighted by atomic mass is 19.1. The summed E-state index contributed by atoms with van der Waals surface area (Å²) in [4.78, 5) is 22.0. The summed E-state index contributed by atoms with van der Waals surface area (Å²) < 4.78 is 22.2. The van der Waals surface area contributed by atoms with Crippen molar-refractivity contribution in [3.8, 4) is 16.9 Å². The SMILES string of the molecule is Cc1nc(C)c(-c2ccn3nc(N)nc3c2)cc1C(=O)NCc1c(F)cccc1OCC1CCCC1. The quantitative estimate of drug-likeness (QED) is 0.393. The molecule has 0 saturated heterocycles. The first kappa shape index (κ1) is 23.7. The predicted octanol–water partition coefficient (Wildman–Crippen LogP) is 4.63. The van der Waals surface area contributed by atoms with Crippen molar-refractivity contribution in [1.29, 1.82) is 0 Å². The summed E-state index contributed by atoms with van der Waals surface area (Å²) in [6, 6.07) is 10.3. The number of rotatable bonds is 7. The van der Waals surface area contributed by atoms with Crippen LogP contribution in [-0.4, -0.2) is 32.1 Å². The Morgan fingerprint density at radius 3 is 2.78 bits per heavy atom. The number of nitrogen functional groups attached to an aromatic ring is 1. The van der Waals surface area contributed by atoms with E-state index in [1.165, 1.54) is 18.9 Å². The fourth-order valence-corrected chi connectivity index (χ4v) is 4.81. The molecule has 0 unspecified atom stereocenters. The highest BCUT2D eigenvalue weighted by molar-refractivity contribution is 5.96. The number of hydrogen-bond donors (Lipinski definition) is 2. The molecule has 1 aliphatic carbocycles. The molecule has 36 heavy (non-hydrogen) atoms. The van der Waals surface area contributed by atoms with Crippen molar-refractivity contribution in [2.45, 2.75) is 46.1 Å². The Hall–Kier alpha value is -4.01. The Kier molecular flexibility index (Phi) is 6.54. The number of nitrogens with zero attached hydrogens (tertiary/aromatic N) is 4. The van der Waals surface area contributed by atoms with Gasteiger partial charge in [-0.05, 0) is 68.5 Å². The number of hydrogen-bond acceptors (Lipinski definition) is 6. The molecule has 0 aliphatic heterocycles. The molecule has 0 radical (unpaired) electrons. The molecular weight excluding hydrogens is 459 g/mol. The average molecular weight is 489 g/mol. The van der Waals surface area contributed by atoms with Crippen molar-refractivity contribution in [3.63, 3.8) is 0 Å². The molecule has 4 aromatic rings. The van der Waals surface area contributed by atoms with Crippen LogP contribution in [0.3, 0.4) is 0 Å². The molecule has 9 heteroatoms. The van der Waals surface area contributed by atoms with Crippen LogP contribution in [0.5, 0.6) is 5.75 Å². The number of halogens is 1. The Bertz CT molecular complexity index is 1430. The summed E-state index contributed by atoms with van der Waals surface area (Å²) in [6.07, 6.45) is 6.47. The number of benzene rings is 1. The molecule has 0 atom stereocenters. The molecule has 1 aromatic carbocycles. The minimum Gasteiger partial charge on any atom is -0.493 e. The molecule has 1 aliphatic rings. The monoisotopic (exact) mass is 488 g/mol. The zero-order chi connectivity index (χ0) is 25.2. The van der Waals surface area contributed by atoms with E-state index in [0.29, 0.717) is 40.7 Å². The number of aryl methyl sites for hydroxylation is 2. The summed E-state index contributed by atoms with van der Waals surface area (Å²) in [5.41, 5.74) is 10.1. The summed E-state index contributed by atoms with van der Waals surface area (Å²) in [5.74, 6) is 0.427. The van der Waals surface area contributed by atoms with Gasteiger partial charge in [0.05, 0.1) is 17.9 Å². The molecule has 1 fully saturated rings. The van der Waals surface area contributed by atoms with Crippen LogP contribution in [0.2, 0.25) is 0 Å². The van der Waals surface area contributed by atoms with Crippen molar-refractivity contribution in [3.05, 3.63) is 70.9 Å². The van der Waals surface area contributed by atoms with Crippen LogP contribution in [0.15, 0.2) is 42.6 Å². The van der Waals surface area contributed by atoms with E-state index in [-0.39, 0.29) is 18.4 Å². The standard InChI is InChI=1S/C27H29FN6O2/c1-16-20(19-10-11-34-25(12-19)32-27(29)33-34)13-21(17(2)31-16)26(35)30-14-22-23(28)8-5-9-24(22)36-15-18-6-3-4-7-18/h5,8-13,18H,3-4,6-7,14-15H2,1-2H3,(H2,29,33)(H,30,35). The number of carbonyl (C=O) groups excluding carboxylic acids is 1. The van der Waals surface area contributed by atoms with Crippen molar-refractivity contribution >= 4 is 17.5 Å². The topological polar surface area (TPSA) is 107 Å². The Balaban J connectivity index is 1.36. The van der Waals surface area contributed by atoms with Gasteiger partial charge in [0.25, 0.3) is 5.91 Å². The van der Waals surface area contributed by atoms with Crippen LogP contribution in [0.25, 0.3) is 16.8 Å². The molecule has 0 bridgehead atoms. The number of amides is 1. The highest BCUT2D eigenvalue weighted by Crippen LogP contribution is 2.29. The van der Waals surface area contributed by atoms with E-state index < -0.39 is 5.82 Å². The minimum absolute atomic E-state index is 0.0130. The molecule has 3 aromatic heterocycles. The maximum Gasteiger partial charge on any atom is 0.253 e. The lowest BCUT2D eigenvalue weighted by Gasteiger charge is -2.16. The van der Waals surface area contributed by atoms with Gasteiger partial charge in [-0.1, -0.05) is 18.9 Å². The number of nitrogens with two attached hydrogens (primary N) is 1. The minimum atomic E-state index is -0.403. The maximum atomic E-state index is 14.7. The number of nitrogens with one attached hydrogen (secondary N) is 1. The zero-order valence-corrected chi connectivity index (χ0v) is 20.4. The number of ether oxygens (including phenoxy) is 1. The first-order chi connectivity index (χ1) is 17.4.